The summed E-state index contributed by atoms with van der Waals surface area (Å²) in [6.45, 7) is 4.94. The van der Waals surface area contributed by atoms with Gasteiger partial charge in [0.1, 0.15) is 5.76 Å². The van der Waals surface area contributed by atoms with Crippen LogP contribution in [0.2, 0.25) is 0 Å². The van der Waals surface area contributed by atoms with E-state index in [9.17, 15) is 4.79 Å². The van der Waals surface area contributed by atoms with Gasteiger partial charge in [0.05, 0.1) is 5.69 Å². The van der Waals surface area contributed by atoms with Gasteiger partial charge in [-0.25, -0.2) is 4.79 Å². The van der Waals surface area contributed by atoms with Crippen LogP contribution in [0.25, 0.3) is 0 Å². The van der Waals surface area contributed by atoms with Gasteiger partial charge in [0, 0.05) is 24.1 Å². The average molecular weight is 325 g/mol. The number of carbonyl (C=O) groups excluding carboxylic acids is 1. The number of rotatable bonds is 4. The van der Waals surface area contributed by atoms with Crippen LogP contribution in [0.3, 0.4) is 0 Å². The van der Waals surface area contributed by atoms with Crippen LogP contribution in [0.4, 0.5) is 4.79 Å². The molecule has 1 saturated carbocycles. The van der Waals surface area contributed by atoms with Gasteiger partial charge in [-0.1, -0.05) is 29.4 Å². The molecular weight excluding hydrogens is 302 g/mol. The van der Waals surface area contributed by atoms with Gasteiger partial charge in [-0.2, -0.15) is 0 Å². The number of benzene rings is 1. The normalized spacial score (nSPS) is 24.0. The molecular formula is C19H23N3O2. The van der Waals surface area contributed by atoms with Crippen LogP contribution in [0.1, 0.15) is 41.0 Å². The van der Waals surface area contributed by atoms with Crippen molar-refractivity contribution in [3.8, 4) is 0 Å². The molecule has 0 saturated heterocycles. The summed E-state index contributed by atoms with van der Waals surface area (Å²) in [5, 5.41) is 9.83. The molecule has 2 N–H and O–H groups in total. The summed E-state index contributed by atoms with van der Waals surface area (Å²) in [5.41, 5.74) is 5.11. The molecule has 2 amide bonds. The number of hydrogen-bond donors (Lipinski definition) is 2. The zero-order valence-corrected chi connectivity index (χ0v) is 14.2. The Kier molecular flexibility index (Phi) is 3.59. The fourth-order valence-corrected chi connectivity index (χ4v) is 4.20. The Hall–Kier alpha value is -2.30. The Morgan fingerprint density at radius 3 is 2.96 bits per heavy atom. The quantitative estimate of drug-likeness (QED) is 0.908. The highest BCUT2D eigenvalue weighted by molar-refractivity contribution is 5.74. The van der Waals surface area contributed by atoms with E-state index in [2.05, 4.69) is 40.1 Å². The van der Waals surface area contributed by atoms with Crippen molar-refractivity contribution >= 4 is 6.03 Å². The minimum absolute atomic E-state index is 0.122. The fraction of sp³-hybridized carbons (Fsp3) is 0.474. The topological polar surface area (TPSA) is 67.2 Å². The third kappa shape index (κ3) is 2.48. The summed E-state index contributed by atoms with van der Waals surface area (Å²) in [6, 6.07) is 8.63. The molecule has 1 spiro atoms. The molecule has 24 heavy (non-hydrogen) atoms. The monoisotopic (exact) mass is 325 g/mol. The van der Waals surface area contributed by atoms with Gasteiger partial charge >= 0.3 is 6.03 Å². The molecule has 1 aromatic carbocycles. The van der Waals surface area contributed by atoms with Crippen LogP contribution in [0.15, 0.2) is 28.8 Å². The van der Waals surface area contributed by atoms with Gasteiger partial charge < -0.3 is 15.2 Å². The molecule has 5 nitrogen and oxygen atoms in total. The Morgan fingerprint density at radius 1 is 1.33 bits per heavy atom. The second kappa shape index (κ2) is 5.65. The van der Waals surface area contributed by atoms with E-state index in [-0.39, 0.29) is 6.03 Å². The zero-order valence-electron chi connectivity index (χ0n) is 14.2. The van der Waals surface area contributed by atoms with Crippen LogP contribution in [0, 0.1) is 19.8 Å². The summed E-state index contributed by atoms with van der Waals surface area (Å²) in [4.78, 5) is 12.1. The minimum Gasteiger partial charge on any atom is -0.361 e. The number of carbonyl (C=O) groups is 1. The van der Waals surface area contributed by atoms with Crippen LogP contribution < -0.4 is 10.6 Å². The first-order chi connectivity index (χ1) is 11.6. The summed E-state index contributed by atoms with van der Waals surface area (Å²) < 4.78 is 5.11. The predicted octanol–water partition coefficient (Wildman–Crippen LogP) is 2.99. The fourth-order valence-electron chi connectivity index (χ4n) is 4.20. The molecule has 1 heterocycles. The van der Waals surface area contributed by atoms with E-state index in [0.29, 0.717) is 17.9 Å². The summed E-state index contributed by atoms with van der Waals surface area (Å²) >= 11 is 0. The lowest BCUT2D eigenvalue weighted by atomic mass is 9.95. The lowest BCUT2D eigenvalue weighted by molar-refractivity contribution is 0.239. The number of amides is 2. The van der Waals surface area contributed by atoms with Crippen molar-refractivity contribution in [1.29, 1.82) is 0 Å². The van der Waals surface area contributed by atoms with Crippen molar-refractivity contribution in [2.24, 2.45) is 5.92 Å². The standard InChI is InChI=1S/C19H23N3O2/c1-12-16(13(2)24-22-12)11-21-18(23)20-10-15-9-19(15)8-7-14-5-3-4-6-17(14)19/h3-6,15H,7-11H2,1-2H3,(H2,20,21,23)/t15-,19+/m1/s1. The maximum atomic E-state index is 12.1. The Bertz CT molecular complexity index is 763. The second-order valence-electron chi connectivity index (χ2n) is 7.08. The Labute approximate surface area is 141 Å². The Morgan fingerprint density at radius 2 is 2.17 bits per heavy atom. The molecule has 1 aromatic heterocycles. The highest BCUT2D eigenvalue weighted by atomic mass is 16.5. The van der Waals surface area contributed by atoms with Crippen molar-refractivity contribution in [2.45, 2.75) is 45.1 Å². The second-order valence-corrected chi connectivity index (χ2v) is 7.08. The maximum Gasteiger partial charge on any atom is 0.315 e. The summed E-state index contributed by atoms with van der Waals surface area (Å²) in [6.07, 6.45) is 3.58. The lowest BCUT2D eigenvalue weighted by Gasteiger charge is -2.12. The van der Waals surface area contributed by atoms with E-state index in [1.54, 1.807) is 0 Å². The van der Waals surface area contributed by atoms with Gasteiger partial charge in [-0.3, -0.25) is 0 Å². The molecule has 0 unspecified atom stereocenters. The number of urea groups is 1. The van der Waals surface area contributed by atoms with Gasteiger partial charge in [-0.15, -0.1) is 0 Å². The highest BCUT2D eigenvalue weighted by Crippen LogP contribution is 2.61. The van der Waals surface area contributed by atoms with E-state index in [1.165, 1.54) is 30.4 Å². The third-order valence-electron chi connectivity index (χ3n) is 5.74. The molecule has 0 radical (unpaired) electrons. The van der Waals surface area contributed by atoms with E-state index in [1.807, 2.05) is 13.8 Å². The largest absolute Gasteiger partial charge is 0.361 e. The minimum atomic E-state index is -0.122. The van der Waals surface area contributed by atoms with Gasteiger partial charge in [0.25, 0.3) is 0 Å². The zero-order chi connectivity index (χ0) is 16.7. The van der Waals surface area contributed by atoms with Crippen LogP contribution in [-0.4, -0.2) is 17.7 Å². The van der Waals surface area contributed by atoms with Crippen molar-refractivity contribution in [1.82, 2.24) is 15.8 Å². The van der Waals surface area contributed by atoms with Gasteiger partial charge in [0.15, 0.2) is 0 Å². The molecule has 2 aromatic rings. The number of aromatic nitrogens is 1. The first kappa shape index (κ1) is 15.2. The summed E-state index contributed by atoms with van der Waals surface area (Å²) in [5.74, 6) is 1.32. The predicted molar refractivity (Wildman–Crippen MR) is 90.8 cm³/mol. The van der Waals surface area contributed by atoms with Crippen molar-refractivity contribution in [3.63, 3.8) is 0 Å². The van der Waals surface area contributed by atoms with Crippen LogP contribution >= 0.6 is 0 Å². The Balaban J connectivity index is 1.29. The third-order valence-corrected chi connectivity index (χ3v) is 5.74. The molecule has 4 rings (SSSR count). The maximum absolute atomic E-state index is 12.1. The SMILES string of the molecule is Cc1noc(C)c1CNC(=O)NC[C@H]1C[C@@]12CCc1ccccc12. The van der Waals surface area contributed by atoms with E-state index in [0.717, 1.165) is 23.6 Å². The van der Waals surface area contributed by atoms with Crippen molar-refractivity contribution < 1.29 is 9.32 Å². The molecule has 0 aliphatic heterocycles. The average Bonchev–Trinajstić information content (AvgIpc) is 3.03. The van der Waals surface area contributed by atoms with Crippen molar-refractivity contribution in [3.05, 3.63) is 52.4 Å². The van der Waals surface area contributed by atoms with E-state index in [4.69, 9.17) is 4.52 Å². The lowest BCUT2D eigenvalue weighted by Crippen LogP contribution is -2.37. The molecule has 5 heteroatoms. The van der Waals surface area contributed by atoms with Crippen molar-refractivity contribution in [2.75, 3.05) is 6.54 Å². The molecule has 2 aliphatic carbocycles. The molecule has 0 bridgehead atoms. The first-order valence-corrected chi connectivity index (χ1v) is 8.62. The van der Waals surface area contributed by atoms with Crippen LogP contribution in [-0.2, 0) is 18.4 Å². The number of nitrogens with zero attached hydrogens (tertiary/aromatic N) is 1. The smallest absolute Gasteiger partial charge is 0.315 e. The van der Waals surface area contributed by atoms with E-state index >= 15 is 0 Å². The number of fused-ring (bicyclic) bond motifs is 2. The van der Waals surface area contributed by atoms with E-state index < -0.39 is 0 Å². The number of aryl methyl sites for hydroxylation is 3. The molecule has 1 fully saturated rings. The van der Waals surface area contributed by atoms with Crippen LogP contribution in [0.5, 0.6) is 0 Å². The molecule has 2 aliphatic rings. The molecule has 126 valence electrons. The number of hydrogen-bond acceptors (Lipinski definition) is 3. The van der Waals surface area contributed by atoms with Gasteiger partial charge in [-0.05, 0) is 50.2 Å². The van der Waals surface area contributed by atoms with Gasteiger partial charge in [0.2, 0.25) is 0 Å². The highest BCUT2D eigenvalue weighted by Gasteiger charge is 2.57. The first-order valence-electron chi connectivity index (χ1n) is 8.62. The summed E-state index contributed by atoms with van der Waals surface area (Å²) in [7, 11) is 0. The molecule has 2 atom stereocenters. The number of nitrogens with one attached hydrogen (secondary N) is 2.